The van der Waals surface area contributed by atoms with Crippen LogP contribution in [0.3, 0.4) is 0 Å². The van der Waals surface area contributed by atoms with Crippen molar-refractivity contribution in [3.8, 4) is 22.4 Å². The van der Waals surface area contributed by atoms with Gasteiger partial charge in [-0.3, -0.25) is 14.9 Å². The third-order valence-electron chi connectivity index (χ3n) is 8.20. The number of fused-ring (bicyclic) bond motifs is 3. The van der Waals surface area contributed by atoms with Crippen LogP contribution in [0.2, 0.25) is 0 Å². The number of aromatic nitrogens is 7. The minimum Gasteiger partial charge on any atom is -0.382 e. The van der Waals surface area contributed by atoms with Gasteiger partial charge >= 0.3 is 0 Å². The fraction of sp³-hybridized carbons (Fsp3) is 0.286. The number of carbonyl (C=O) groups is 1. The second kappa shape index (κ2) is 9.69. The first-order valence-corrected chi connectivity index (χ1v) is 15.4. The Bertz CT molecular complexity index is 1930. The zero-order chi connectivity index (χ0) is 29.2. The van der Waals surface area contributed by atoms with E-state index in [0.717, 1.165) is 19.1 Å². The molecule has 2 fully saturated rings. The summed E-state index contributed by atoms with van der Waals surface area (Å²) in [6.07, 6.45) is 8.32. The molecule has 1 unspecified atom stereocenters. The lowest BCUT2D eigenvalue weighted by Crippen LogP contribution is -2.46. The molecule has 2 aliphatic rings. The van der Waals surface area contributed by atoms with Crippen molar-refractivity contribution in [1.29, 1.82) is 0 Å². The van der Waals surface area contributed by atoms with Gasteiger partial charge in [-0.15, -0.1) is 0 Å². The average molecular weight is 588 g/mol. The number of pyridine rings is 1. The molecule has 0 aliphatic carbocycles. The number of benzene rings is 1. The zero-order valence-corrected chi connectivity index (χ0v) is 23.3. The fourth-order valence-corrected chi connectivity index (χ4v) is 7.47. The van der Waals surface area contributed by atoms with Crippen molar-refractivity contribution in [1.82, 2.24) is 39.7 Å². The molecular weight excluding hydrogens is 561 g/mol. The van der Waals surface area contributed by atoms with Crippen LogP contribution >= 0.6 is 0 Å². The first-order valence-electron chi connectivity index (χ1n) is 13.5. The van der Waals surface area contributed by atoms with Gasteiger partial charge in [0.15, 0.2) is 15.5 Å². The molecule has 14 heteroatoms. The third-order valence-corrected chi connectivity index (χ3v) is 9.36. The van der Waals surface area contributed by atoms with Crippen molar-refractivity contribution < 1.29 is 17.6 Å². The fourth-order valence-electron chi connectivity index (χ4n) is 6.41. The van der Waals surface area contributed by atoms with Crippen LogP contribution in [0.4, 0.5) is 10.2 Å². The first kappa shape index (κ1) is 26.2. The number of nitrogens with one attached hydrogen (secondary N) is 1. The van der Waals surface area contributed by atoms with Crippen LogP contribution in [0.25, 0.3) is 28.0 Å². The van der Waals surface area contributed by atoms with Crippen molar-refractivity contribution in [2.24, 2.45) is 0 Å². The molecule has 214 valence electrons. The van der Waals surface area contributed by atoms with E-state index in [9.17, 15) is 17.6 Å². The first-order chi connectivity index (χ1) is 20.2. The smallest absolute Gasteiger partial charge is 0.291 e. The summed E-state index contributed by atoms with van der Waals surface area (Å²) in [7, 11) is -3.78. The summed E-state index contributed by atoms with van der Waals surface area (Å²) in [6, 6.07) is 9.61. The molecule has 12 nitrogen and oxygen atoms in total. The Hall–Kier alpha value is -4.72. The number of nitrogens with two attached hydrogens (primary N) is 1. The number of sulfone groups is 1. The molecular formula is C28H26FN9O3S. The van der Waals surface area contributed by atoms with Crippen LogP contribution in [-0.4, -0.2) is 72.3 Å². The number of rotatable bonds is 5. The summed E-state index contributed by atoms with van der Waals surface area (Å²) in [4.78, 5) is 28.4. The maximum atomic E-state index is 13.7. The number of hydrogen-bond donors (Lipinski definition) is 2. The standard InChI is InChI=1S/C28H26FN9O3S/c1-42(40,41)24-23(17-10-19-6-7-20(11-17)37(19)28(39)26-32-14-33-36-26)35-27-21(13-34-38(27)25(24)30)16-5-8-22(31-12-16)15-3-2-4-18(29)9-15/h2-5,8-9,12-14,17,19-20H,6-7,10-11,30H2,1H3,(H,32,33,36)/t17?,19-,20+. The van der Waals surface area contributed by atoms with Crippen LogP contribution in [0, 0.1) is 5.82 Å². The van der Waals surface area contributed by atoms with Crippen molar-refractivity contribution in [2.75, 3.05) is 12.0 Å². The number of H-pyrrole nitrogens is 1. The van der Waals surface area contributed by atoms with Gasteiger partial charge in [0.05, 0.1) is 17.6 Å². The molecule has 2 bridgehead atoms. The number of anilines is 1. The zero-order valence-electron chi connectivity index (χ0n) is 22.5. The molecule has 2 saturated heterocycles. The van der Waals surface area contributed by atoms with E-state index in [-0.39, 0.29) is 46.3 Å². The Morgan fingerprint density at radius 2 is 1.86 bits per heavy atom. The second-order valence-electron chi connectivity index (χ2n) is 10.8. The number of amides is 1. The molecule has 1 aromatic carbocycles. The Labute approximate surface area is 239 Å². The number of nitrogens with zero attached hydrogens (tertiary/aromatic N) is 7. The number of nitrogen functional groups attached to an aromatic ring is 1. The van der Waals surface area contributed by atoms with E-state index in [0.29, 0.717) is 46.6 Å². The van der Waals surface area contributed by atoms with Crippen LogP contribution in [-0.2, 0) is 9.84 Å². The number of carbonyl (C=O) groups excluding carboxylic acids is 1. The predicted octanol–water partition coefficient (Wildman–Crippen LogP) is 3.25. The monoisotopic (exact) mass is 587 g/mol. The van der Waals surface area contributed by atoms with E-state index in [1.165, 1.54) is 23.0 Å². The normalized spacial score (nSPS) is 20.3. The lowest BCUT2D eigenvalue weighted by atomic mass is 9.87. The van der Waals surface area contributed by atoms with E-state index in [4.69, 9.17) is 10.7 Å². The van der Waals surface area contributed by atoms with Gasteiger partial charge in [-0.2, -0.15) is 14.7 Å². The molecule has 3 N–H and O–H groups in total. The van der Waals surface area contributed by atoms with Crippen molar-refractivity contribution in [3.63, 3.8) is 0 Å². The molecule has 5 aromatic rings. The Morgan fingerprint density at radius 3 is 2.50 bits per heavy atom. The highest BCUT2D eigenvalue weighted by Gasteiger charge is 2.46. The summed E-state index contributed by atoms with van der Waals surface area (Å²) >= 11 is 0. The largest absolute Gasteiger partial charge is 0.382 e. The molecule has 0 spiro atoms. The molecule has 7 rings (SSSR count). The highest BCUT2D eigenvalue weighted by Crippen LogP contribution is 2.45. The topological polar surface area (TPSA) is 165 Å². The Kier molecular flexibility index (Phi) is 6.04. The van der Waals surface area contributed by atoms with Crippen LogP contribution in [0.5, 0.6) is 0 Å². The molecule has 2 aliphatic heterocycles. The van der Waals surface area contributed by atoms with Gasteiger partial charge in [-0.05, 0) is 43.9 Å². The van der Waals surface area contributed by atoms with E-state index in [1.807, 2.05) is 11.0 Å². The number of piperidine rings is 1. The summed E-state index contributed by atoms with van der Waals surface area (Å²) in [5.41, 5.74) is 9.85. The average Bonchev–Trinajstić information content (AvgIpc) is 3.71. The van der Waals surface area contributed by atoms with E-state index >= 15 is 0 Å². The third kappa shape index (κ3) is 4.29. The van der Waals surface area contributed by atoms with Gasteiger partial charge in [0.1, 0.15) is 22.9 Å². The van der Waals surface area contributed by atoms with E-state index in [2.05, 4.69) is 25.3 Å². The van der Waals surface area contributed by atoms with E-state index in [1.54, 1.807) is 30.6 Å². The predicted molar refractivity (Wildman–Crippen MR) is 150 cm³/mol. The van der Waals surface area contributed by atoms with Gasteiger partial charge < -0.3 is 10.6 Å². The van der Waals surface area contributed by atoms with Gasteiger partial charge in [-0.25, -0.2) is 22.8 Å². The van der Waals surface area contributed by atoms with Gasteiger partial charge in [0, 0.05) is 47.1 Å². The molecule has 6 heterocycles. The van der Waals surface area contributed by atoms with Crippen LogP contribution in [0.1, 0.15) is 47.9 Å². The van der Waals surface area contributed by atoms with Gasteiger partial charge in [0.2, 0.25) is 5.82 Å². The summed E-state index contributed by atoms with van der Waals surface area (Å²) in [5.74, 6) is -0.629. The molecule has 0 radical (unpaired) electrons. The number of halogens is 1. The van der Waals surface area contributed by atoms with E-state index < -0.39 is 9.84 Å². The van der Waals surface area contributed by atoms with Crippen molar-refractivity contribution in [2.45, 2.75) is 48.6 Å². The van der Waals surface area contributed by atoms with Crippen LogP contribution < -0.4 is 5.73 Å². The number of aromatic amines is 1. The highest BCUT2D eigenvalue weighted by molar-refractivity contribution is 7.91. The molecule has 4 aromatic heterocycles. The molecule has 3 atom stereocenters. The minimum absolute atomic E-state index is 0.0133. The summed E-state index contributed by atoms with van der Waals surface area (Å²) in [6.45, 7) is 0. The van der Waals surface area contributed by atoms with Gasteiger partial charge in [0.25, 0.3) is 5.91 Å². The maximum absolute atomic E-state index is 13.7. The van der Waals surface area contributed by atoms with Crippen molar-refractivity contribution >= 4 is 27.2 Å². The Balaban J connectivity index is 1.28. The minimum atomic E-state index is -3.78. The summed E-state index contributed by atoms with van der Waals surface area (Å²) < 4.78 is 41.2. The van der Waals surface area contributed by atoms with Crippen LogP contribution in [0.15, 0.2) is 60.0 Å². The SMILES string of the molecule is CS(=O)(=O)c1c(C2C[C@H]3CC[C@@H](C2)N3C(=O)c2ncn[nH]2)nc2c(-c3ccc(-c4cccc(F)c4)nc3)cnn2c1N. The lowest BCUT2D eigenvalue weighted by molar-refractivity contribution is 0.0556. The van der Waals surface area contributed by atoms with Crippen molar-refractivity contribution in [3.05, 3.63) is 72.5 Å². The quantitative estimate of drug-likeness (QED) is 0.314. The maximum Gasteiger partial charge on any atom is 0.291 e. The molecule has 1 amide bonds. The molecule has 42 heavy (non-hydrogen) atoms. The lowest BCUT2D eigenvalue weighted by Gasteiger charge is -2.38. The Morgan fingerprint density at radius 1 is 1.07 bits per heavy atom. The van der Waals surface area contributed by atoms with Gasteiger partial charge in [-0.1, -0.05) is 18.2 Å². The highest BCUT2D eigenvalue weighted by atomic mass is 32.2. The second-order valence-corrected chi connectivity index (χ2v) is 12.8. The molecule has 0 saturated carbocycles. The number of hydrogen-bond acceptors (Lipinski definition) is 9. The summed E-state index contributed by atoms with van der Waals surface area (Å²) in [5, 5.41) is 10.8.